The molecule has 3 aromatic carbocycles. The standard InChI is InChI=1S/C20H16/c1-14-11-12-19-17-10-6-5-9-15(17)16-7-3-2-4-8-18(16)20(19)13-14/h3-13H,2H2,1H3. The van der Waals surface area contributed by atoms with Crippen molar-refractivity contribution in [3.8, 4) is 0 Å². The highest BCUT2D eigenvalue weighted by Gasteiger charge is 2.11. The molecule has 1 aliphatic carbocycles. The second-order valence-electron chi connectivity index (χ2n) is 5.46. The van der Waals surface area contributed by atoms with Crippen LogP contribution in [-0.4, -0.2) is 0 Å². The second kappa shape index (κ2) is 4.35. The van der Waals surface area contributed by atoms with Gasteiger partial charge >= 0.3 is 0 Å². The van der Waals surface area contributed by atoms with Crippen LogP contribution in [0.5, 0.6) is 0 Å². The summed E-state index contributed by atoms with van der Waals surface area (Å²) in [4.78, 5) is 0. The van der Waals surface area contributed by atoms with Gasteiger partial charge in [0.2, 0.25) is 0 Å². The van der Waals surface area contributed by atoms with E-state index in [0.29, 0.717) is 0 Å². The molecule has 0 bridgehead atoms. The minimum atomic E-state index is 1.01. The largest absolute Gasteiger partial charge is 0.0801 e. The third-order valence-electron chi connectivity index (χ3n) is 4.10. The van der Waals surface area contributed by atoms with Gasteiger partial charge in [-0.25, -0.2) is 0 Å². The average Bonchev–Trinajstić information content (AvgIpc) is 2.73. The van der Waals surface area contributed by atoms with Gasteiger partial charge in [-0.15, -0.1) is 0 Å². The molecule has 0 aromatic heterocycles. The van der Waals surface area contributed by atoms with Crippen molar-refractivity contribution in [3.63, 3.8) is 0 Å². The number of aryl methyl sites for hydroxylation is 1. The Morgan fingerprint density at radius 1 is 0.700 bits per heavy atom. The summed E-state index contributed by atoms with van der Waals surface area (Å²) in [6.45, 7) is 2.16. The zero-order valence-corrected chi connectivity index (χ0v) is 11.6. The minimum absolute atomic E-state index is 1.01. The summed E-state index contributed by atoms with van der Waals surface area (Å²) in [5, 5.41) is 5.41. The lowest BCUT2D eigenvalue weighted by Gasteiger charge is -2.13. The first-order valence-electron chi connectivity index (χ1n) is 7.13. The van der Waals surface area contributed by atoms with Crippen LogP contribution in [0.25, 0.3) is 33.7 Å². The monoisotopic (exact) mass is 256 g/mol. The third kappa shape index (κ3) is 1.61. The zero-order valence-electron chi connectivity index (χ0n) is 11.6. The van der Waals surface area contributed by atoms with E-state index in [0.717, 1.165) is 6.42 Å². The molecule has 20 heavy (non-hydrogen) atoms. The molecule has 1 aliphatic rings. The number of rotatable bonds is 0. The van der Waals surface area contributed by atoms with E-state index in [1.54, 1.807) is 0 Å². The normalized spacial score (nSPS) is 13.7. The van der Waals surface area contributed by atoms with Gasteiger partial charge in [-0.3, -0.25) is 0 Å². The Bertz CT molecular complexity index is 879. The first-order valence-corrected chi connectivity index (χ1v) is 7.13. The highest BCUT2D eigenvalue weighted by Crippen LogP contribution is 2.36. The minimum Gasteiger partial charge on any atom is -0.0801 e. The first kappa shape index (κ1) is 11.5. The molecular weight excluding hydrogens is 240 g/mol. The number of hydrogen-bond acceptors (Lipinski definition) is 0. The summed E-state index contributed by atoms with van der Waals surface area (Å²) in [6, 6.07) is 15.5. The Labute approximate surface area is 119 Å². The van der Waals surface area contributed by atoms with Crippen LogP contribution in [-0.2, 0) is 0 Å². The van der Waals surface area contributed by atoms with Crippen molar-refractivity contribution in [3.05, 3.63) is 71.3 Å². The summed E-state index contributed by atoms with van der Waals surface area (Å²) in [6.07, 6.45) is 10.1. The van der Waals surface area contributed by atoms with Gasteiger partial charge in [0.05, 0.1) is 0 Å². The smallest absolute Gasteiger partial charge is 0.00964 e. The Morgan fingerprint density at radius 3 is 2.15 bits per heavy atom. The van der Waals surface area contributed by atoms with E-state index >= 15 is 0 Å². The number of fused-ring (bicyclic) bond motifs is 6. The van der Waals surface area contributed by atoms with Crippen LogP contribution >= 0.6 is 0 Å². The maximum atomic E-state index is 2.31. The van der Waals surface area contributed by atoms with Gasteiger partial charge in [-0.1, -0.05) is 72.3 Å². The molecule has 0 heterocycles. The molecule has 4 rings (SSSR count). The second-order valence-corrected chi connectivity index (χ2v) is 5.46. The molecule has 3 aromatic rings. The summed E-state index contributed by atoms with van der Waals surface area (Å²) in [5.74, 6) is 0. The lowest BCUT2D eigenvalue weighted by Crippen LogP contribution is -1.89. The molecule has 0 fully saturated rings. The van der Waals surface area contributed by atoms with Crippen LogP contribution in [0.15, 0.2) is 54.6 Å². The molecule has 0 heteroatoms. The molecular formula is C20H16. The van der Waals surface area contributed by atoms with Crippen molar-refractivity contribution in [1.82, 2.24) is 0 Å². The van der Waals surface area contributed by atoms with Gasteiger partial charge in [-0.2, -0.15) is 0 Å². The molecule has 0 spiro atoms. The van der Waals surface area contributed by atoms with Gasteiger partial charge in [0.1, 0.15) is 0 Å². The third-order valence-corrected chi connectivity index (χ3v) is 4.10. The lowest BCUT2D eigenvalue weighted by molar-refractivity contribution is 1.44. The summed E-state index contributed by atoms with van der Waals surface area (Å²) in [5.41, 5.74) is 4.03. The summed E-state index contributed by atoms with van der Waals surface area (Å²) in [7, 11) is 0. The highest BCUT2D eigenvalue weighted by atomic mass is 14.1. The average molecular weight is 256 g/mol. The number of allylic oxidation sites excluding steroid dienone is 2. The highest BCUT2D eigenvalue weighted by molar-refractivity contribution is 6.15. The molecule has 0 amide bonds. The van der Waals surface area contributed by atoms with Gasteiger partial charge in [-0.05, 0) is 46.0 Å². The first-order chi connectivity index (χ1) is 9.84. The van der Waals surface area contributed by atoms with Crippen molar-refractivity contribution < 1.29 is 0 Å². The molecule has 0 radical (unpaired) electrons. The van der Waals surface area contributed by atoms with Crippen molar-refractivity contribution >= 4 is 33.7 Å². The molecule has 0 nitrogen and oxygen atoms in total. The molecule has 0 saturated heterocycles. The Hall–Kier alpha value is -2.34. The molecule has 0 unspecified atom stereocenters. The molecule has 96 valence electrons. The predicted octanol–water partition coefficient (Wildman–Crippen LogP) is 5.73. The maximum absolute atomic E-state index is 2.31. The summed E-state index contributed by atoms with van der Waals surface area (Å²) >= 11 is 0. The Balaban J connectivity index is 2.32. The van der Waals surface area contributed by atoms with Gasteiger partial charge < -0.3 is 0 Å². The maximum Gasteiger partial charge on any atom is -0.00964 e. The predicted molar refractivity (Wildman–Crippen MR) is 88.9 cm³/mol. The van der Waals surface area contributed by atoms with Crippen LogP contribution in [0.3, 0.4) is 0 Å². The molecule has 0 aliphatic heterocycles. The van der Waals surface area contributed by atoms with Crippen molar-refractivity contribution in [2.45, 2.75) is 13.3 Å². The SMILES string of the molecule is Cc1ccc2c(c1)c1c(c3ccccc32)C=CCC=C1. The number of benzene rings is 3. The fourth-order valence-electron chi connectivity index (χ4n) is 3.17. The van der Waals surface area contributed by atoms with Crippen LogP contribution < -0.4 is 0 Å². The van der Waals surface area contributed by atoms with E-state index in [-0.39, 0.29) is 0 Å². The van der Waals surface area contributed by atoms with Crippen LogP contribution in [0, 0.1) is 6.92 Å². The fraction of sp³-hybridized carbons (Fsp3) is 0.100. The molecule has 0 atom stereocenters. The van der Waals surface area contributed by atoms with Crippen molar-refractivity contribution in [2.75, 3.05) is 0 Å². The Kier molecular flexibility index (Phi) is 2.50. The van der Waals surface area contributed by atoms with E-state index in [1.807, 2.05) is 0 Å². The number of hydrogen-bond donors (Lipinski definition) is 0. The quantitative estimate of drug-likeness (QED) is 0.450. The van der Waals surface area contributed by atoms with Crippen LogP contribution in [0.1, 0.15) is 23.1 Å². The summed E-state index contributed by atoms with van der Waals surface area (Å²) < 4.78 is 0. The van der Waals surface area contributed by atoms with Crippen molar-refractivity contribution in [2.24, 2.45) is 0 Å². The van der Waals surface area contributed by atoms with Crippen LogP contribution in [0.4, 0.5) is 0 Å². The molecule has 0 saturated carbocycles. The van der Waals surface area contributed by atoms with Crippen molar-refractivity contribution in [1.29, 1.82) is 0 Å². The van der Waals surface area contributed by atoms with E-state index in [2.05, 4.69) is 73.7 Å². The van der Waals surface area contributed by atoms with Gasteiger partial charge in [0, 0.05) is 0 Å². The van der Waals surface area contributed by atoms with Gasteiger partial charge in [0.15, 0.2) is 0 Å². The topological polar surface area (TPSA) is 0 Å². The lowest BCUT2D eigenvalue weighted by atomic mass is 9.91. The van der Waals surface area contributed by atoms with E-state index in [4.69, 9.17) is 0 Å². The Morgan fingerprint density at radius 2 is 1.35 bits per heavy atom. The van der Waals surface area contributed by atoms with E-state index < -0.39 is 0 Å². The van der Waals surface area contributed by atoms with E-state index in [9.17, 15) is 0 Å². The fourth-order valence-corrected chi connectivity index (χ4v) is 3.17. The zero-order chi connectivity index (χ0) is 13.5. The van der Waals surface area contributed by atoms with Gasteiger partial charge in [0.25, 0.3) is 0 Å². The van der Waals surface area contributed by atoms with Crippen LogP contribution in [0.2, 0.25) is 0 Å². The molecule has 0 N–H and O–H groups in total. The van der Waals surface area contributed by atoms with E-state index in [1.165, 1.54) is 38.2 Å².